The van der Waals surface area contributed by atoms with Crippen molar-refractivity contribution in [3.05, 3.63) is 30.1 Å². The van der Waals surface area contributed by atoms with Crippen molar-refractivity contribution in [2.75, 3.05) is 31.7 Å². The van der Waals surface area contributed by atoms with Gasteiger partial charge in [0.2, 0.25) is 5.91 Å². The highest BCUT2D eigenvalue weighted by atomic mass is 19.1. The van der Waals surface area contributed by atoms with Crippen molar-refractivity contribution in [1.82, 2.24) is 4.90 Å². The third-order valence-corrected chi connectivity index (χ3v) is 5.42. The Kier molecular flexibility index (Phi) is 4.81. The molecule has 0 unspecified atom stereocenters. The van der Waals surface area contributed by atoms with Gasteiger partial charge in [-0.1, -0.05) is 0 Å². The highest BCUT2D eigenvalue weighted by Crippen LogP contribution is 2.44. The number of benzene rings is 1. The molecule has 132 valence electrons. The average molecular weight is 334 g/mol. The minimum Gasteiger partial charge on any atom is -0.384 e. The molecule has 1 aromatic carbocycles. The first-order valence-electron chi connectivity index (χ1n) is 8.74. The molecule has 0 bridgehead atoms. The lowest BCUT2D eigenvalue weighted by Crippen LogP contribution is -2.50. The summed E-state index contributed by atoms with van der Waals surface area (Å²) >= 11 is 0. The lowest BCUT2D eigenvalue weighted by molar-refractivity contribution is -0.134. The molecule has 2 saturated heterocycles. The van der Waals surface area contributed by atoms with Crippen molar-refractivity contribution < 1.29 is 13.9 Å². The second kappa shape index (κ2) is 6.71. The fourth-order valence-corrected chi connectivity index (χ4v) is 4.47. The number of amides is 1. The molecule has 2 atom stereocenters. The predicted octanol–water partition coefficient (Wildman–Crippen LogP) is 3.07. The third-order valence-electron chi connectivity index (χ3n) is 5.42. The number of anilines is 1. The molecule has 5 heteroatoms. The number of ether oxygens (including phenoxy) is 1. The third kappa shape index (κ3) is 3.27. The summed E-state index contributed by atoms with van der Waals surface area (Å²) in [6.07, 6.45) is 2.46. The second-order valence-corrected chi connectivity index (χ2v) is 7.56. The van der Waals surface area contributed by atoms with E-state index in [1.807, 2.05) is 17.0 Å². The van der Waals surface area contributed by atoms with Crippen LogP contribution in [-0.2, 0) is 9.53 Å². The minimum absolute atomic E-state index is 0.0126. The number of nitrogens with zero attached hydrogens (tertiary/aromatic N) is 2. The van der Waals surface area contributed by atoms with Crippen LogP contribution < -0.4 is 4.90 Å². The summed E-state index contributed by atoms with van der Waals surface area (Å²) in [6.45, 7) is 6.57. The second-order valence-electron chi connectivity index (χ2n) is 7.56. The van der Waals surface area contributed by atoms with Gasteiger partial charge in [-0.05, 0) is 56.9 Å². The smallest absolute Gasteiger partial charge is 0.224 e. The standard InChI is InChI=1S/C19H27FN2O2/c1-19(2)12-14-13-21(18(23)9-11-24-3)10-8-17(14)22(19)16-6-4-15(20)5-7-16/h4-7,14,17H,8-13H2,1-3H3/t14-,17+/m1/s1. The van der Waals surface area contributed by atoms with Crippen molar-refractivity contribution in [2.24, 2.45) is 5.92 Å². The quantitative estimate of drug-likeness (QED) is 0.848. The summed E-state index contributed by atoms with van der Waals surface area (Å²) < 4.78 is 18.3. The van der Waals surface area contributed by atoms with Crippen LogP contribution in [0.5, 0.6) is 0 Å². The maximum atomic E-state index is 13.3. The SMILES string of the molecule is COCCC(=O)N1CC[C@H]2[C@@H](C1)CC(C)(C)N2c1ccc(F)cc1. The fraction of sp³-hybridized carbons (Fsp3) is 0.632. The van der Waals surface area contributed by atoms with Gasteiger partial charge in [0.05, 0.1) is 13.0 Å². The molecule has 0 saturated carbocycles. The van der Waals surface area contributed by atoms with Crippen LogP contribution in [0.15, 0.2) is 24.3 Å². The number of piperidine rings is 1. The first kappa shape index (κ1) is 17.2. The molecule has 2 fully saturated rings. The normalized spacial score (nSPS) is 25.7. The molecular weight excluding hydrogens is 307 g/mol. The summed E-state index contributed by atoms with van der Waals surface area (Å²) in [4.78, 5) is 16.7. The van der Waals surface area contributed by atoms with Gasteiger partial charge in [0.15, 0.2) is 0 Å². The zero-order valence-corrected chi connectivity index (χ0v) is 14.8. The molecule has 0 aliphatic carbocycles. The Labute approximate surface area is 143 Å². The van der Waals surface area contributed by atoms with Gasteiger partial charge in [0, 0.05) is 37.5 Å². The van der Waals surface area contributed by atoms with Crippen molar-refractivity contribution >= 4 is 11.6 Å². The first-order chi connectivity index (χ1) is 11.4. The summed E-state index contributed by atoms with van der Waals surface area (Å²) in [5.41, 5.74) is 1.09. The minimum atomic E-state index is -0.203. The van der Waals surface area contributed by atoms with Crippen LogP contribution in [0.2, 0.25) is 0 Å². The fourth-order valence-electron chi connectivity index (χ4n) is 4.47. The van der Waals surface area contributed by atoms with Crippen LogP contribution in [0.1, 0.15) is 33.1 Å². The molecule has 0 N–H and O–H groups in total. The summed E-state index contributed by atoms with van der Waals surface area (Å²) in [6, 6.07) is 7.21. The van der Waals surface area contributed by atoms with E-state index < -0.39 is 0 Å². The van der Waals surface area contributed by atoms with Gasteiger partial charge in [-0.15, -0.1) is 0 Å². The number of methoxy groups -OCH3 is 1. The molecule has 1 aromatic rings. The Morgan fingerprint density at radius 2 is 2.04 bits per heavy atom. The zero-order chi connectivity index (χ0) is 17.3. The van der Waals surface area contributed by atoms with Gasteiger partial charge in [-0.2, -0.15) is 0 Å². The van der Waals surface area contributed by atoms with E-state index in [-0.39, 0.29) is 17.3 Å². The average Bonchev–Trinajstić information content (AvgIpc) is 2.82. The van der Waals surface area contributed by atoms with Crippen LogP contribution in [0.25, 0.3) is 0 Å². The van der Waals surface area contributed by atoms with Crippen LogP contribution >= 0.6 is 0 Å². The zero-order valence-electron chi connectivity index (χ0n) is 14.8. The van der Waals surface area contributed by atoms with E-state index in [0.717, 1.165) is 31.6 Å². The Morgan fingerprint density at radius 1 is 1.33 bits per heavy atom. The Hall–Kier alpha value is -1.62. The van der Waals surface area contributed by atoms with E-state index in [4.69, 9.17) is 4.74 Å². The highest BCUT2D eigenvalue weighted by molar-refractivity contribution is 5.76. The van der Waals surface area contributed by atoms with Crippen LogP contribution in [0, 0.1) is 11.7 Å². The van der Waals surface area contributed by atoms with Gasteiger partial charge in [0.1, 0.15) is 5.82 Å². The summed E-state index contributed by atoms with van der Waals surface area (Å²) in [5.74, 6) is 0.449. The Balaban J connectivity index is 1.74. The van der Waals surface area contributed by atoms with E-state index in [0.29, 0.717) is 25.0 Å². The van der Waals surface area contributed by atoms with Crippen molar-refractivity contribution in [3.8, 4) is 0 Å². The molecule has 0 aromatic heterocycles. The first-order valence-corrected chi connectivity index (χ1v) is 8.74. The van der Waals surface area contributed by atoms with Crippen molar-refractivity contribution in [2.45, 2.75) is 44.7 Å². The number of halogens is 1. The molecule has 3 rings (SSSR count). The molecule has 4 nitrogen and oxygen atoms in total. The van der Waals surface area contributed by atoms with Gasteiger partial charge in [-0.25, -0.2) is 4.39 Å². The maximum Gasteiger partial charge on any atom is 0.224 e. The molecule has 1 amide bonds. The van der Waals surface area contributed by atoms with Crippen LogP contribution in [0.3, 0.4) is 0 Å². The van der Waals surface area contributed by atoms with Crippen LogP contribution in [0.4, 0.5) is 10.1 Å². The van der Waals surface area contributed by atoms with Crippen molar-refractivity contribution in [1.29, 1.82) is 0 Å². The molecule has 0 spiro atoms. The lowest BCUT2D eigenvalue weighted by atomic mass is 9.89. The van der Waals surface area contributed by atoms with Gasteiger partial charge >= 0.3 is 0 Å². The number of rotatable bonds is 4. The van der Waals surface area contributed by atoms with Gasteiger partial charge < -0.3 is 14.5 Å². The molecule has 2 aliphatic heterocycles. The lowest BCUT2D eigenvalue weighted by Gasteiger charge is -2.42. The molecule has 0 radical (unpaired) electrons. The largest absolute Gasteiger partial charge is 0.384 e. The number of likely N-dealkylation sites (tertiary alicyclic amines) is 1. The van der Waals surface area contributed by atoms with Gasteiger partial charge in [0.25, 0.3) is 0 Å². The number of carbonyl (C=O) groups is 1. The highest BCUT2D eigenvalue weighted by Gasteiger charge is 2.48. The monoisotopic (exact) mass is 334 g/mol. The molecule has 24 heavy (non-hydrogen) atoms. The van der Waals surface area contributed by atoms with Gasteiger partial charge in [-0.3, -0.25) is 4.79 Å². The van der Waals surface area contributed by atoms with E-state index >= 15 is 0 Å². The summed E-state index contributed by atoms with van der Waals surface area (Å²) in [7, 11) is 1.62. The topological polar surface area (TPSA) is 32.8 Å². The van der Waals surface area contributed by atoms with E-state index in [2.05, 4.69) is 18.7 Å². The van der Waals surface area contributed by atoms with Crippen LogP contribution in [-0.4, -0.2) is 49.2 Å². The van der Waals surface area contributed by atoms with E-state index in [1.54, 1.807) is 7.11 Å². The maximum absolute atomic E-state index is 13.3. The Bertz CT molecular complexity index is 588. The number of fused-ring (bicyclic) bond motifs is 1. The molecular formula is C19H27FN2O2. The number of carbonyl (C=O) groups excluding carboxylic acids is 1. The van der Waals surface area contributed by atoms with E-state index in [9.17, 15) is 9.18 Å². The number of hydrogen-bond donors (Lipinski definition) is 0. The Morgan fingerprint density at radius 3 is 2.71 bits per heavy atom. The van der Waals surface area contributed by atoms with E-state index in [1.165, 1.54) is 12.1 Å². The molecule has 2 heterocycles. The summed E-state index contributed by atoms with van der Waals surface area (Å²) in [5, 5.41) is 0. The van der Waals surface area contributed by atoms with Crippen molar-refractivity contribution in [3.63, 3.8) is 0 Å². The predicted molar refractivity (Wildman–Crippen MR) is 92.5 cm³/mol. The number of hydrogen-bond acceptors (Lipinski definition) is 3. The molecule has 2 aliphatic rings.